The molecule has 0 radical (unpaired) electrons. The number of hydrogen-bond donors (Lipinski definition) is 1. The Morgan fingerprint density at radius 2 is 2.07 bits per heavy atom. The zero-order valence-corrected chi connectivity index (χ0v) is 10.4. The van der Waals surface area contributed by atoms with Crippen LogP contribution in [-0.4, -0.2) is 13.7 Å². The number of methoxy groups -OCH3 is 1. The number of benzene rings is 1. The summed E-state index contributed by atoms with van der Waals surface area (Å²) >= 11 is 3.52. The molecule has 0 heterocycles. The van der Waals surface area contributed by atoms with Gasteiger partial charge in [-0.15, -0.1) is 0 Å². The molecule has 1 aromatic carbocycles. The maximum absolute atomic E-state index is 5.56. The summed E-state index contributed by atoms with van der Waals surface area (Å²) in [6.07, 6.45) is 0.899. The Labute approximate surface area is 93.6 Å². The van der Waals surface area contributed by atoms with E-state index in [-0.39, 0.29) is 0 Å². The minimum Gasteiger partial charge on any atom is -0.495 e. The molecule has 2 nitrogen and oxygen atoms in total. The van der Waals surface area contributed by atoms with Crippen molar-refractivity contribution in [1.29, 1.82) is 0 Å². The first-order chi connectivity index (χ1) is 6.61. The molecule has 0 atom stereocenters. The van der Waals surface area contributed by atoms with Crippen molar-refractivity contribution in [3.63, 3.8) is 0 Å². The summed E-state index contributed by atoms with van der Waals surface area (Å²) < 4.78 is 6.40. The van der Waals surface area contributed by atoms with E-state index in [0.29, 0.717) is 6.54 Å². The van der Waals surface area contributed by atoms with E-state index in [1.54, 1.807) is 7.11 Å². The summed E-state index contributed by atoms with van der Waals surface area (Å²) in [5, 5.41) is 0. The van der Waals surface area contributed by atoms with Crippen LogP contribution in [0.3, 0.4) is 0 Å². The molecule has 0 aliphatic heterocycles. The zero-order valence-electron chi connectivity index (χ0n) is 8.86. The third kappa shape index (κ3) is 2.10. The average molecular weight is 258 g/mol. The molecule has 2 N–H and O–H groups in total. The van der Waals surface area contributed by atoms with Crippen LogP contribution < -0.4 is 10.5 Å². The monoisotopic (exact) mass is 257 g/mol. The topological polar surface area (TPSA) is 35.2 Å². The van der Waals surface area contributed by atoms with Gasteiger partial charge in [-0.05, 0) is 59.4 Å². The smallest absolute Gasteiger partial charge is 0.136 e. The highest BCUT2D eigenvalue weighted by Crippen LogP contribution is 2.34. The number of nitrogens with two attached hydrogens (primary N) is 1. The highest BCUT2D eigenvalue weighted by Gasteiger charge is 2.11. The van der Waals surface area contributed by atoms with Crippen molar-refractivity contribution in [2.45, 2.75) is 20.3 Å². The summed E-state index contributed by atoms with van der Waals surface area (Å²) in [6, 6.07) is 2.16. The van der Waals surface area contributed by atoms with E-state index in [2.05, 4.69) is 35.8 Å². The van der Waals surface area contributed by atoms with Crippen LogP contribution in [0.1, 0.15) is 16.7 Å². The predicted octanol–water partition coefficient (Wildman–Crippen LogP) is 2.58. The van der Waals surface area contributed by atoms with Crippen LogP contribution >= 0.6 is 15.9 Å². The minimum absolute atomic E-state index is 0.672. The van der Waals surface area contributed by atoms with Crippen LogP contribution in [-0.2, 0) is 6.42 Å². The Morgan fingerprint density at radius 3 is 2.57 bits per heavy atom. The molecular formula is C11H16BrNO. The van der Waals surface area contributed by atoms with E-state index in [1.807, 2.05) is 0 Å². The minimum atomic E-state index is 0.672. The molecule has 1 rings (SSSR count). The van der Waals surface area contributed by atoms with E-state index >= 15 is 0 Å². The van der Waals surface area contributed by atoms with Crippen molar-refractivity contribution in [3.8, 4) is 5.75 Å². The lowest BCUT2D eigenvalue weighted by Crippen LogP contribution is -2.05. The molecular weight excluding hydrogens is 242 g/mol. The summed E-state index contributed by atoms with van der Waals surface area (Å²) in [5.41, 5.74) is 9.19. The van der Waals surface area contributed by atoms with Crippen molar-refractivity contribution < 1.29 is 4.74 Å². The molecule has 0 saturated heterocycles. The lowest BCUT2D eigenvalue weighted by Gasteiger charge is -2.14. The van der Waals surface area contributed by atoms with Crippen LogP contribution in [0.2, 0.25) is 0 Å². The molecule has 0 spiro atoms. The number of hydrogen-bond acceptors (Lipinski definition) is 2. The molecule has 0 aliphatic carbocycles. The van der Waals surface area contributed by atoms with Crippen molar-refractivity contribution in [2.24, 2.45) is 5.73 Å². The van der Waals surface area contributed by atoms with E-state index in [1.165, 1.54) is 16.7 Å². The second-order valence-corrected chi connectivity index (χ2v) is 4.16. The Hall–Kier alpha value is -0.540. The summed E-state index contributed by atoms with van der Waals surface area (Å²) in [7, 11) is 1.69. The van der Waals surface area contributed by atoms with Gasteiger partial charge in [0.2, 0.25) is 0 Å². The number of aryl methyl sites for hydroxylation is 1. The fraction of sp³-hybridized carbons (Fsp3) is 0.455. The first-order valence-electron chi connectivity index (χ1n) is 4.64. The van der Waals surface area contributed by atoms with Gasteiger partial charge in [-0.2, -0.15) is 0 Å². The first kappa shape index (κ1) is 11.5. The zero-order chi connectivity index (χ0) is 10.7. The van der Waals surface area contributed by atoms with Crippen molar-refractivity contribution in [1.82, 2.24) is 0 Å². The lowest BCUT2D eigenvalue weighted by atomic mass is 10.0. The average Bonchev–Trinajstić information content (AvgIpc) is 2.16. The third-order valence-electron chi connectivity index (χ3n) is 2.38. The van der Waals surface area contributed by atoms with Crippen LogP contribution in [0.5, 0.6) is 5.75 Å². The molecule has 3 heteroatoms. The highest BCUT2D eigenvalue weighted by atomic mass is 79.9. The van der Waals surface area contributed by atoms with Gasteiger partial charge in [-0.3, -0.25) is 0 Å². The Kier molecular flexibility index (Phi) is 3.96. The molecule has 0 unspecified atom stereocenters. The standard InChI is InChI=1S/C11H16BrNO/c1-7-6-9(4-5-13)8(2)11(14-3)10(7)12/h6H,4-5,13H2,1-3H3. The first-order valence-corrected chi connectivity index (χ1v) is 5.43. The fourth-order valence-electron chi connectivity index (χ4n) is 1.58. The van der Waals surface area contributed by atoms with Gasteiger partial charge in [0.1, 0.15) is 5.75 Å². The van der Waals surface area contributed by atoms with Gasteiger partial charge in [-0.1, -0.05) is 6.07 Å². The van der Waals surface area contributed by atoms with Gasteiger partial charge in [-0.25, -0.2) is 0 Å². The summed E-state index contributed by atoms with van der Waals surface area (Å²) in [5.74, 6) is 0.924. The Bertz CT molecular complexity index is 337. The van der Waals surface area contributed by atoms with E-state index < -0.39 is 0 Å². The SMILES string of the molecule is COc1c(C)c(CCN)cc(C)c1Br. The normalized spacial score (nSPS) is 10.4. The molecule has 78 valence electrons. The van der Waals surface area contributed by atoms with Crippen LogP contribution in [0, 0.1) is 13.8 Å². The molecule has 14 heavy (non-hydrogen) atoms. The van der Waals surface area contributed by atoms with E-state index in [0.717, 1.165) is 16.6 Å². The predicted molar refractivity (Wildman–Crippen MR) is 62.9 cm³/mol. The molecule has 0 aromatic heterocycles. The van der Waals surface area contributed by atoms with E-state index in [4.69, 9.17) is 10.5 Å². The third-order valence-corrected chi connectivity index (χ3v) is 3.36. The Morgan fingerprint density at radius 1 is 1.43 bits per heavy atom. The largest absolute Gasteiger partial charge is 0.495 e. The van der Waals surface area contributed by atoms with Crippen LogP contribution in [0.4, 0.5) is 0 Å². The van der Waals surface area contributed by atoms with Crippen LogP contribution in [0.25, 0.3) is 0 Å². The van der Waals surface area contributed by atoms with Gasteiger partial charge in [0.15, 0.2) is 0 Å². The van der Waals surface area contributed by atoms with Gasteiger partial charge in [0.25, 0.3) is 0 Å². The summed E-state index contributed by atoms with van der Waals surface area (Å²) in [4.78, 5) is 0. The number of rotatable bonds is 3. The van der Waals surface area contributed by atoms with E-state index in [9.17, 15) is 0 Å². The van der Waals surface area contributed by atoms with Crippen LogP contribution in [0.15, 0.2) is 10.5 Å². The maximum Gasteiger partial charge on any atom is 0.136 e. The van der Waals surface area contributed by atoms with Crippen molar-refractivity contribution in [3.05, 3.63) is 27.2 Å². The number of halogens is 1. The maximum atomic E-state index is 5.56. The highest BCUT2D eigenvalue weighted by molar-refractivity contribution is 9.10. The Balaban J connectivity index is 3.27. The fourth-order valence-corrected chi connectivity index (χ4v) is 2.15. The second kappa shape index (κ2) is 4.80. The molecule has 0 amide bonds. The van der Waals surface area contributed by atoms with Crippen molar-refractivity contribution in [2.75, 3.05) is 13.7 Å². The lowest BCUT2D eigenvalue weighted by molar-refractivity contribution is 0.408. The molecule has 0 fully saturated rings. The van der Waals surface area contributed by atoms with Crippen molar-refractivity contribution >= 4 is 15.9 Å². The van der Waals surface area contributed by atoms with Gasteiger partial charge in [0, 0.05) is 0 Å². The quantitative estimate of drug-likeness (QED) is 0.904. The second-order valence-electron chi connectivity index (χ2n) is 3.36. The molecule has 0 bridgehead atoms. The molecule has 0 aliphatic rings. The van der Waals surface area contributed by atoms with Gasteiger partial charge in [0.05, 0.1) is 11.6 Å². The van der Waals surface area contributed by atoms with Gasteiger partial charge < -0.3 is 10.5 Å². The molecule has 0 saturated carbocycles. The number of ether oxygens (including phenoxy) is 1. The van der Waals surface area contributed by atoms with Gasteiger partial charge >= 0.3 is 0 Å². The summed E-state index contributed by atoms with van der Waals surface area (Å²) in [6.45, 7) is 4.80. The molecule has 1 aromatic rings.